The minimum absolute atomic E-state index is 0.0140. The van der Waals surface area contributed by atoms with E-state index >= 15 is 0 Å². The molecular formula is C20H19ClFN7O3. The molecule has 3 heterocycles. The van der Waals surface area contributed by atoms with Gasteiger partial charge in [-0.2, -0.15) is 19.6 Å². The molecular weight excluding hydrogens is 441 g/mol. The highest BCUT2D eigenvalue weighted by atomic mass is 35.5. The molecule has 4 rings (SSSR count). The Hall–Kier alpha value is -3.57. The predicted octanol–water partition coefficient (Wildman–Crippen LogP) is 2.54. The average Bonchev–Trinajstić information content (AvgIpc) is 3.30. The standard InChI is InChI=1S/C20H19ClFN7O3/c1-2-32-6-5-23-20-28-19(25-13-3-4-15(22)14(21)9-13)27-17-12(10-24-29(17)20)7-11-8-16(30)26-18(11)31/h3-4,7,9-10H,2,5-6,8H2,1H3,(H,26,30,31)(H2,23,25,27,28)/b11-7+. The minimum Gasteiger partial charge on any atom is -0.380 e. The molecule has 166 valence electrons. The zero-order valence-corrected chi connectivity index (χ0v) is 17.7. The van der Waals surface area contributed by atoms with Gasteiger partial charge in [-0.15, -0.1) is 0 Å². The van der Waals surface area contributed by atoms with Crippen LogP contribution < -0.4 is 16.0 Å². The fourth-order valence-corrected chi connectivity index (χ4v) is 3.24. The topological polar surface area (TPSA) is 123 Å². The molecule has 3 N–H and O–H groups in total. The molecule has 32 heavy (non-hydrogen) atoms. The molecule has 0 spiro atoms. The Morgan fingerprint density at radius 3 is 2.91 bits per heavy atom. The Morgan fingerprint density at radius 2 is 2.19 bits per heavy atom. The number of benzene rings is 1. The fraction of sp³-hybridized carbons (Fsp3) is 0.250. The van der Waals surface area contributed by atoms with Crippen LogP contribution in [0.3, 0.4) is 0 Å². The fourth-order valence-electron chi connectivity index (χ4n) is 3.06. The van der Waals surface area contributed by atoms with Gasteiger partial charge in [0.1, 0.15) is 5.82 Å². The Balaban J connectivity index is 1.72. The first kappa shape index (κ1) is 21.7. The van der Waals surface area contributed by atoms with Crippen LogP contribution >= 0.6 is 11.6 Å². The summed E-state index contributed by atoms with van der Waals surface area (Å²) in [5, 5.41) is 12.6. The van der Waals surface area contributed by atoms with Gasteiger partial charge in [0.05, 0.1) is 24.2 Å². The molecule has 10 nitrogen and oxygen atoms in total. The number of carbonyl (C=O) groups excluding carboxylic acids is 2. The molecule has 2 amide bonds. The van der Waals surface area contributed by atoms with Gasteiger partial charge in [-0.3, -0.25) is 14.9 Å². The summed E-state index contributed by atoms with van der Waals surface area (Å²) in [4.78, 5) is 32.4. The Morgan fingerprint density at radius 1 is 1.34 bits per heavy atom. The van der Waals surface area contributed by atoms with E-state index in [4.69, 9.17) is 16.3 Å². The number of hydrogen-bond donors (Lipinski definition) is 3. The van der Waals surface area contributed by atoms with Crippen molar-refractivity contribution in [2.24, 2.45) is 0 Å². The van der Waals surface area contributed by atoms with Crippen molar-refractivity contribution in [3.8, 4) is 0 Å². The SMILES string of the molecule is CCOCCNc1nc(Nc2ccc(F)c(Cl)c2)nc2c(/C=C3\CC(=O)NC3=O)cnn12. The summed E-state index contributed by atoms with van der Waals surface area (Å²) >= 11 is 5.86. The van der Waals surface area contributed by atoms with Crippen molar-refractivity contribution in [2.45, 2.75) is 13.3 Å². The van der Waals surface area contributed by atoms with Crippen molar-refractivity contribution >= 4 is 52.7 Å². The van der Waals surface area contributed by atoms with Crippen LogP contribution in [0.1, 0.15) is 18.9 Å². The summed E-state index contributed by atoms with van der Waals surface area (Å²) in [6, 6.07) is 4.15. The van der Waals surface area contributed by atoms with Gasteiger partial charge < -0.3 is 15.4 Å². The lowest BCUT2D eigenvalue weighted by molar-refractivity contribution is -0.124. The first-order valence-corrected chi connectivity index (χ1v) is 10.2. The molecule has 2 aromatic heterocycles. The van der Waals surface area contributed by atoms with Crippen LogP contribution in [-0.4, -0.2) is 51.2 Å². The molecule has 1 saturated heterocycles. The number of hydrogen-bond acceptors (Lipinski definition) is 8. The number of carbonyl (C=O) groups is 2. The third-order valence-electron chi connectivity index (χ3n) is 4.53. The van der Waals surface area contributed by atoms with Crippen LogP contribution in [0.15, 0.2) is 30.0 Å². The van der Waals surface area contributed by atoms with E-state index < -0.39 is 11.7 Å². The van der Waals surface area contributed by atoms with E-state index in [-0.39, 0.29) is 23.3 Å². The van der Waals surface area contributed by atoms with Crippen molar-refractivity contribution in [1.29, 1.82) is 0 Å². The number of ether oxygens (including phenoxy) is 1. The lowest BCUT2D eigenvalue weighted by Crippen LogP contribution is -2.19. The lowest BCUT2D eigenvalue weighted by atomic mass is 10.1. The van der Waals surface area contributed by atoms with E-state index in [1.165, 1.54) is 28.9 Å². The molecule has 0 radical (unpaired) electrons. The van der Waals surface area contributed by atoms with Gasteiger partial charge in [0.25, 0.3) is 5.91 Å². The van der Waals surface area contributed by atoms with Crippen molar-refractivity contribution in [2.75, 3.05) is 30.4 Å². The number of nitrogens with one attached hydrogen (secondary N) is 3. The number of amides is 2. The number of fused-ring (bicyclic) bond motifs is 1. The second kappa shape index (κ2) is 9.28. The van der Waals surface area contributed by atoms with Gasteiger partial charge in [0, 0.05) is 30.0 Å². The molecule has 1 fully saturated rings. The largest absolute Gasteiger partial charge is 0.380 e. The quantitative estimate of drug-likeness (QED) is 0.267. The molecule has 3 aromatic rings. The Bertz CT molecular complexity index is 1230. The lowest BCUT2D eigenvalue weighted by Gasteiger charge is -2.11. The van der Waals surface area contributed by atoms with Gasteiger partial charge in [0.2, 0.25) is 17.8 Å². The third kappa shape index (κ3) is 4.68. The van der Waals surface area contributed by atoms with Gasteiger partial charge in [-0.1, -0.05) is 11.6 Å². The van der Waals surface area contributed by atoms with Crippen LogP contribution in [0.5, 0.6) is 0 Å². The Kier molecular flexibility index (Phi) is 6.28. The molecule has 0 saturated carbocycles. The van der Waals surface area contributed by atoms with Crippen LogP contribution in [-0.2, 0) is 14.3 Å². The smallest absolute Gasteiger partial charge is 0.254 e. The molecule has 1 aliphatic rings. The maximum Gasteiger partial charge on any atom is 0.254 e. The Labute approximate surface area is 186 Å². The average molecular weight is 460 g/mol. The minimum atomic E-state index is -0.541. The van der Waals surface area contributed by atoms with E-state index in [1.54, 1.807) is 6.08 Å². The normalized spacial score (nSPS) is 14.9. The molecule has 0 aliphatic carbocycles. The maximum absolute atomic E-state index is 13.5. The molecule has 0 bridgehead atoms. The molecule has 1 aliphatic heterocycles. The maximum atomic E-state index is 13.5. The monoisotopic (exact) mass is 459 g/mol. The van der Waals surface area contributed by atoms with E-state index in [0.29, 0.717) is 48.2 Å². The first-order valence-electron chi connectivity index (χ1n) is 9.79. The number of halogens is 2. The van der Waals surface area contributed by atoms with Crippen LogP contribution in [0.2, 0.25) is 5.02 Å². The summed E-state index contributed by atoms with van der Waals surface area (Å²) in [6.07, 6.45) is 3.08. The van der Waals surface area contributed by atoms with Gasteiger partial charge in [-0.05, 0) is 31.2 Å². The van der Waals surface area contributed by atoms with Gasteiger partial charge in [0.15, 0.2) is 5.65 Å². The van der Waals surface area contributed by atoms with Crippen LogP contribution in [0, 0.1) is 5.82 Å². The number of aromatic nitrogens is 4. The highest BCUT2D eigenvalue weighted by Crippen LogP contribution is 2.24. The van der Waals surface area contributed by atoms with E-state index in [9.17, 15) is 14.0 Å². The number of rotatable bonds is 8. The van der Waals surface area contributed by atoms with Crippen molar-refractivity contribution in [1.82, 2.24) is 24.9 Å². The summed E-state index contributed by atoms with van der Waals surface area (Å²) in [5.41, 5.74) is 1.73. The number of nitrogens with zero attached hydrogens (tertiary/aromatic N) is 4. The third-order valence-corrected chi connectivity index (χ3v) is 4.82. The molecule has 12 heteroatoms. The van der Waals surface area contributed by atoms with Crippen molar-refractivity contribution < 1.29 is 18.7 Å². The summed E-state index contributed by atoms with van der Waals surface area (Å²) in [7, 11) is 0. The van der Waals surface area contributed by atoms with Crippen LogP contribution in [0.25, 0.3) is 11.7 Å². The van der Waals surface area contributed by atoms with Crippen molar-refractivity contribution in [3.63, 3.8) is 0 Å². The van der Waals surface area contributed by atoms with E-state index in [0.717, 1.165) is 0 Å². The highest BCUT2D eigenvalue weighted by molar-refractivity contribution is 6.31. The number of imide groups is 1. The second-order valence-corrected chi connectivity index (χ2v) is 7.21. The zero-order valence-electron chi connectivity index (χ0n) is 17.0. The summed E-state index contributed by atoms with van der Waals surface area (Å²) in [5.74, 6) is -0.770. The second-order valence-electron chi connectivity index (χ2n) is 6.81. The zero-order chi connectivity index (χ0) is 22.7. The van der Waals surface area contributed by atoms with Gasteiger partial charge in [-0.25, -0.2) is 4.39 Å². The highest BCUT2D eigenvalue weighted by Gasteiger charge is 2.24. The van der Waals surface area contributed by atoms with E-state index in [1.807, 2.05) is 6.92 Å². The summed E-state index contributed by atoms with van der Waals surface area (Å²) in [6.45, 7) is 3.41. The molecule has 0 unspecified atom stereocenters. The molecule has 0 atom stereocenters. The van der Waals surface area contributed by atoms with Crippen molar-refractivity contribution in [3.05, 3.63) is 46.4 Å². The molecule has 1 aromatic carbocycles. The number of anilines is 3. The first-order chi connectivity index (χ1) is 15.4. The van der Waals surface area contributed by atoms with Crippen LogP contribution in [0.4, 0.5) is 22.0 Å². The summed E-state index contributed by atoms with van der Waals surface area (Å²) < 4.78 is 20.3. The predicted molar refractivity (Wildman–Crippen MR) is 116 cm³/mol. The van der Waals surface area contributed by atoms with Gasteiger partial charge >= 0.3 is 0 Å². The van der Waals surface area contributed by atoms with E-state index in [2.05, 4.69) is 31.0 Å².